The first-order chi connectivity index (χ1) is 8.22. The summed E-state index contributed by atoms with van der Waals surface area (Å²) in [6.45, 7) is 1.80. The van der Waals surface area contributed by atoms with Crippen LogP contribution in [0.1, 0.15) is 11.3 Å². The number of nitrogens with zero attached hydrogens (tertiary/aromatic N) is 2. The van der Waals surface area contributed by atoms with E-state index in [-0.39, 0.29) is 11.5 Å². The summed E-state index contributed by atoms with van der Waals surface area (Å²) in [6, 6.07) is 7.17. The maximum absolute atomic E-state index is 9.89. The summed E-state index contributed by atoms with van der Waals surface area (Å²) in [7, 11) is 0. The van der Waals surface area contributed by atoms with E-state index in [1.54, 1.807) is 25.3 Å². The second-order valence-electron chi connectivity index (χ2n) is 3.84. The Morgan fingerprint density at radius 2 is 2.24 bits per heavy atom. The Balaban J connectivity index is 2.62. The number of benzene rings is 1. The molecule has 0 aliphatic heterocycles. The Labute approximate surface area is 96.7 Å². The number of furan rings is 1. The number of hydrogen-bond donors (Lipinski definition) is 1. The molecule has 1 aromatic carbocycles. The smallest absolute Gasteiger partial charge is 0.207 e. The highest BCUT2D eigenvalue weighted by atomic mass is 16.3. The number of aryl methyl sites for hydroxylation is 1. The van der Waals surface area contributed by atoms with Crippen LogP contribution in [0.2, 0.25) is 0 Å². The third-order valence-corrected chi connectivity index (χ3v) is 2.87. The first-order valence-corrected chi connectivity index (χ1v) is 5.12. The van der Waals surface area contributed by atoms with Crippen molar-refractivity contribution in [3.63, 3.8) is 0 Å². The maximum Gasteiger partial charge on any atom is 0.207 e. The van der Waals surface area contributed by atoms with Crippen LogP contribution < -0.4 is 0 Å². The average molecular weight is 224 g/mol. The Morgan fingerprint density at radius 1 is 1.41 bits per heavy atom. The standard InChI is InChI=1S/C13H8N2O2/c1-7-9-5-10(16)12-8(3-2-4-15-12)13(9)17-11(7)6-14/h2-5,16H,1H3. The van der Waals surface area contributed by atoms with Crippen LogP contribution in [0.15, 0.2) is 28.8 Å². The van der Waals surface area contributed by atoms with Crippen molar-refractivity contribution >= 4 is 21.9 Å². The highest BCUT2D eigenvalue weighted by Crippen LogP contribution is 2.35. The molecule has 2 aromatic heterocycles. The molecule has 0 unspecified atom stereocenters. The van der Waals surface area contributed by atoms with Gasteiger partial charge in [0.1, 0.15) is 22.9 Å². The van der Waals surface area contributed by atoms with Crippen molar-refractivity contribution in [3.05, 3.63) is 35.7 Å². The topological polar surface area (TPSA) is 70.0 Å². The molecule has 1 N–H and O–H groups in total. The molecule has 4 nitrogen and oxygen atoms in total. The summed E-state index contributed by atoms with van der Waals surface area (Å²) < 4.78 is 5.50. The van der Waals surface area contributed by atoms with Crippen LogP contribution in [0.3, 0.4) is 0 Å². The summed E-state index contributed by atoms with van der Waals surface area (Å²) >= 11 is 0. The molecule has 0 spiro atoms. The van der Waals surface area contributed by atoms with Crippen LogP contribution in [0.25, 0.3) is 21.9 Å². The first-order valence-electron chi connectivity index (χ1n) is 5.12. The minimum Gasteiger partial charge on any atom is -0.506 e. The highest BCUT2D eigenvalue weighted by Gasteiger charge is 2.15. The lowest BCUT2D eigenvalue weighted by molar-refractivity contribution is 0.481. The predicted molar refractivity (Wildman–Crippen MR) is 62.6 cm³/mol. The van der Waals surface area contributed by atoms with Crippen molar-refractivity contribution in [2.45, 2.75) is 6.92 Å². The summed E-state index contributed by atoms with van der Waals surface area (Å²) in [5, 5.41) is 20.3. The van der Waals surface area contributed by atoms with Crippen molar-refractivity contribution in [3.8, 4) is 11.8 Å². The number of aromatic hydroxyl groups is 1. The van der Waals surface area contributed by atoms with Crippen molar-refractivity contribution in [1.82, 2.24) is 4.98 Å². The third kappa shape index (κ3) is 1.20. The van der Waals surface area contributed by atoms with Gasteiger partial charge in [0.05, 0.1) is 0 Å². The van der Waals surface area contributed by atoms with E-state index in [4.69, 9.17) is 9.68 Å². The minimum absolute atomic E-state index is 0.0986. The van der Waals surface area contributed by atoms with Crippen LogP contribution >= 0.6 is 0 Å². The molecule has 17 heavy (non-hydrogen) atoms. The van der Waals surface area contributed by atoms with Crippen LogP contribution in [-0.4, -0.2) is 10.1 Å². The summed E-state index contributed by atoms with van der Waals surface area (Å²) in [4.78, 5) is 4.10. The van der Waals surface area contributed by atoms with Gasteiger partial charge in [-0.2, -0.15) is 5.26 Å². The van der Waals surface area contributed by atoms with Gasteiger partial charge in [-0.3, -0.25) is 4.98 Å². The number of hydrogen-bond acceptors (Lipinski definition) is 4. The lowest BCUT2D eigenvalue weighted by Crippen LogP contribution is -1.80. The molecule has 0 saturated heterocycles. The van der Waals surface area contributed by atoms with E-state index in [1.165, 1.54) is 0 Å². The second-order valence-corrected chi connectivity index (χ2v) is 3.84. The number of phenols is 1. The van der Waals surface area contributed by atoms with Gasteiger partial charge in [-0.1, -0.05) is 0 Å². The lowest BCUT2D eigenvalue weighted by Gasteiger charge is -2.00. The van der Waals surface area contributed by atoms with Gasteiger partial charge in [-0.25, -0.2) is 0 Å². The lowest BCUT2D eigenvalue weighted by atomic mass is 10.1. The molecule has 3 aromatic rings. The largest absolute Gasteiger partial charge is 0.506 e. The van der Waals surface area contributed by atoms with Gasteiger partial charge in [0.25, 0.3) is 0 Å². The van der Waals surface area contributed by atoms with E-state index in [9.17, 15) is 5.11 Å². The van der Waals surface area contributed by atoms with Gasteiger partial charge >= 0.3 is 0 Å². The Morgan fingerprint density at radius 3 is 3.00 bits per heavy atom. The van der Waals surface area contributed by atoms with Gasteiger partial charge in [0, 0.05) is 22.5 Å². The maximum atomic E-state index is 9.89. The number of phenolic OH excluding ortho intramolecular Hbond substituents is 1. The van der Waals surface area contributed by atoms with E-state index in [1.807, 2.05) is 12.1 Å². The van der Waals surface area contributed by atoms with Crippen LogP contribution in [0.4, 0.5) is 0 Å². The fourth-order valence-electron chi connectivity index (χ4n) is 2.00. The highest BCUT2D eigenvalue weighted by molar-refractivity contribution is 6.07. The van der Waals surface area contributed by atoms with E-state index >= 15 is 0 Å². The van der Waals surface area contributed by atoms with Gasteiger partial charge < -0.3 is 9.52 Å². The molecule has 0 amide bonds. The first kappa shape index (κ1) is 9.67. The molecule has 0 saturated carbocycles. The van der Waals surface area contributed by atoms with Gasteiger partial charge in [0.15, 0.2) is 0 Å². The molecule has 0 aliphatic carbocycles. The molecule has 0 aliphatic rings. The number of pyridine rings is 1. The van der Waals surface area contributed by atoms with Crippen LogP contribution in [0, 0.1) is 18.3 Å². The Kier molecular flexibility index (Phi) is 1.83. The molecule has 4 heteroatoms. The van der Waals surface area contributed by atoms with Gasteiger partial charge in [-0.05, 0) is 25.1 Å². The summed E-state index contributed by atoms with van der Waals surface area (Å²) in [5.41, 5.74) is 1.82. The van der Waals surface area contributed by atoms with Gasteiger partial charge in [-0.15, -0.1) is 0 Å². The molecular formula is C13H8N2O2. The summed E-state index contributed by atoms with van der Waals surface area (Å²) in [5.74, 6) is 0.372. The molecule has 0 fully saturated rings. The molecule has 0 bridgehead atoms. The Bertz CT molecular complexity index is 781. The zero-order chi connectivity index (χ0) is 12.0. The van der Waals surface area contributed by atoms with Crippen molar-refractivity contribution in [2.75, 3.05) is 0 Å². The van der Waals surface area contributed by atoms with Crippen molar-refractivity contribution in [1.29, 1.82) is 5.26 Å². The van der Waals surface area contributed by atoms with Gasteiger partial charge in [0.2, 0.25) is 5.76 Å². The minimum atomic E-state index is 0.0986. The normalized spacial score (nSPS) is 10.8. The fraction of sp³-hybridized carbons (Fsp3) is 0.0769. The zero-order valence-corrected chi connectivity index (χ0v) is 9.06. The number of nitriles is 1. The SMILES string of the molecule is Cc1c(C#N)oc2c1cc(O)c1ncccc12. The monoisotopic (exact) mass is 224 g/mol. The van der Waals surface area contributed by atoms with E-state index in [2.05, 4.69) is 4.98 Å². The average Bonchev–Trinajstić information content (AvgIpc) is 2.67. The summed E-state index contributed by atoms with van der Waals surface area (Å²) in [6.07, 6.45) is 1.61. The molecule has 0 atom stereocenters. The van der Waals surface area contributed by atoms with Crippen molar-refractivity contribution < 1.29 is 9.52 Å². The molecule has 3 rings (SSSR count). The van der Waals surface area contributed by atoms with Crippen molar-refractivity contribution in [2.24, 2.45) is 0 Å². The molecule has 82 valence electrons. The number of rotatable bonds is 0. The number of aromatic nitrogens is 1. The zero-order valence-electron chi connectivity index (χ0n) is 9.06. The van der Waals surface area contributed by atoms with Crippen LogP contribution in [0.5, 0.6) is 5.75 Å². The van der Waals surface area contributed by atoms with Crippen LogP contribution in [-0.2, 0) is 0 Å². The van der Waals surface area contributed by atoms with E-state index in [0.717, 1.165) is 10.9 Å². The fourth-order valence-corrected chi connectivity index (χ4v) is 2.00. The number of fused-ring (bicyclic) bond motifs is 3. The predicted octanol–water partition coefficient (Wildman–Crippen LogP) is 2.87. The Hall–Kier alpha value is -2.54. The molecular weight excluding hydrogens is 216 g/mol. The quantitative estimate of drug-likeness (QED) is 0.637. The van der Waals surface area contributed by atoms with E-state index < -0.39 is 0 Å². The van der Waals surface area contributed by atoms with E-state index in [0.29, 0.717) is 16.5 Å². The molecule has 2 heterocycles. The third-order valence-electron chi connectivity index (χ3n) is 2.87. The second kappa shape index (κ2) is 3.22. The molecule has 0 radical (unpaired) electrons.